The van der Waals surface area contributed by atoms with E-state index in [4.69, 9.17) is 11.6 Å². The third-order valence-electron chi connectivity index (χ3n) is 3.07. The van der Waals surface area contributed by atoms with Crippen molar-refractivity contribution in [1.29, 1.82) is 0 Å². The van der Waals surface area contributed by atoms with Gasteiger partial charge in [-0.05, 0) is 18.1 Å². The van der Waals surface area contributed by atoms with Gasteiger partial charge in [0.25, 0.3) is 0 Å². The number of hydrogen-bond acceptors (Lipinski definition) is 4. The first-order valence-corrected chi connectivity index (χ1v) is 7.27. The van der Waals surface area contributed by atoms with Crippen molar-refractivity contribution in [3.63, 3.8) is 0 Å². The van der Waals surface area contributed by atoms with Crippen LogP contribution >= 0.6 is 22.9 Å². The molecular weight excluding hydrogens is 304 g/mol. The lowest BCUT2D eigenvalue weighted by Gasteiger charge is -2.25. The standard InChI is InChI=1S/C13H10ClF2N3S/c14-10-7(1-2-8(15)11(10)16)9-3-4-17-12(19-9)13-18-5-6-20-13/h1-2,5-6,9H,3-4H2,(H,17,19)/t9-/m1/s1. The molecule has 1 aliphatic heterocycles. The maximum absolute atomic E-state index is 13.5. The van der Waals surface area contributed by atoms with Crippen molar-refractivity contribution in [1.82, 2.24) is 10.3 Å². The molecule has 0 saturated carbocycles. The second kappa shape index (κ2) is 5.46. The first kappa shape index (κ1) is 13.5. The molecule has 7 heteroatoms. The Balaban J connectivity index is 1.90. The van der Waals surface area contributed by atoms with E-state index in [-0.39, 0.29) is 11.1 Å². The SMILES string of the molecule is Fc1ccc([C@H]2CCN=C(c3nccs3)N2)c(Cl)c1F. The molecule has 0 aliphatic carbocycles. The molecule has 104 valence electrons. The topological polar surface area (TPSA) is 37.3 Å². The predicted molar refractivity (Wildman–Crippen MR) is 75.4 cm³/mol. The van der Waals surface area contributed by atoms with E-state index in [2.05, 4.69) is 15.3 Å². The summed E-state index contributed by atoms with van der Waals surface area (Å²) in [4.78, 5) is 8.54. The monoisotopic (exact) mass is 313 g/mol. The van der Waals surface area contributed by atoms with Crippen molar-refractivity contribution in [3.8, 4) is 0 Å². The molecular formula is C13H10ClF2N3S. The van der Waals surface area contributed by atoms with E-state index in [0.29, 0.717) is 24.4 Å². The van der Waals surface area contributed by atoms with Gasteiger partial charge in [0.15, 0.2) is 22.5 Å². The first-order chi connectivity index (χ1) is 9.66. The average Bonchev–Trinajstić information content (AvgIpc) is 2.99. The fourth-order valence-electron chi connectivity index (χ4n) is 2.10. The van der Waals surface area contributed by atoms with Gasteiger partial charge in [-0.15, -0.1) is 11.3 Å². The molecule has 0 unspecified atom stereocenters. The van der Waals surface area contributed by atoms with Crippen molar-refractivity contribution < 1.29 is 8.78 Å². The maximum atomic E-state index is 13.5. The van der Waals surface area contributed by atoms with Crippen molar-refractivity contribution in [3.05, 3.63) is 50.9 Å². The van der Waals surface area contributed by atoms with Crippen LogP contribution in [0.5, 0.6) is 0 Å². The van der Waals surface area contributed by atoms with Crippen LogP contribution in [0.25, 0.3) is 0 Å². The summed E-state index contributed by atoms with van der Waals surface area (Å²) in [6, 6.07) is 2.39. The van der Waals surface area contributed by atoms with Gasteiger partial charge in [-0.1, -0.05) is 17.7 Å². The zero-order valence-corrected chi connectivity index (χ0v) is 11.8. The molecule has 0 radical (unpaired) electrons. The Morgan fingerprint density at radius 2 is 2.20 bits per heavy atom. The maximum Gasteiger partial charge on any atom is 0.177 e. The third-order valence-corrected chi connectivity index (χ3v) is 4.24. The number of halogens is 3. The molecule has 3 rings (SSSR count). The van der Waals surface area contributed by atoms with E-state index >= 15 is 0 Å². The van der Waals surface area contributed by atoms with Crippen LogP contribution in [0.1, 0.15) is 23.0 Å². The minimum atomic E-state index is -1.01. The molecule has 1 atom stereocenters. The van der Waals surface area contributed by atoms with E-state index < -0.39 is 11.6 Å². The van der Waals surface area contributed by atoms with E-state index in [1.807, 2.05) is 5.38 Å². The lowest BCUT2D eigenvalue weighted by molar-refractivity contribution is 0.500. The van der Waals surface area contributed by atoms with Crippen LogP contribution in [-0.2, 0) is 0 Å². The van der Waals surface area contributed by atoms with E-state index in [1.54, 1.807) is 6.20 Å². The molecule has 1 aromatic carbocycles. The Morgan fingerprint density at radius 1 is 1.35 bits per heavy atom. The summed E-state index contributed by atoms with van der Waals surface area (Å²) in [5.41, 5.74) is 0.537. The quantitative estimate of drug-likeness (QED) is 0.861. The lowest BCUT2D eigenvalue weighted by atomic mass is 10.0. The highest BCUT2D eigenvalue weighted by atomic mass is 35.5. The fourth-order valence-corrected chi connectivity index (χ4v) is 2.99. The van der Waals surface area contributed by atoms with Crippen LogP contribution in [0, 0.1) is 11.6 Å². The van der Waals surface area contributed by atoms with E-state index in [1.165, 1.54) is 17.4 Å². The number of rotatable bonds is 2. The largest absolute Gasteiger partial charge is 0.361 e. The van der Waals surface area contributed by atoms with Crippen molar-refractivity contribution in [2.24, 2.45) is 4.99 Å². The number of benzene rings is 1. The molecule has 0 bridgehead atoms. The molecule has 0 amide bonds. The van der Waals surface area contributed by atoms with Gasteiger partial charge in [-0.3, -0.25) is 4.99 Å². The van der Waals surface area contributed by atoms with Crippen molar-refractivity contribution in [2.75, 3.05) is 6.54 Å². The summed E-state index contributed by atoms with van der Waals surface area (Å²) >= 11 is 7.36. The zero-order valence-electron chi connectivity index (χ0n) is 10.2. The Morgan fingerprint density at radius 3 is 2.95 bits per heavy atom. The zero-order chi connectivity index (χ0) is 14.1. The molecule has 1 aromatic heterocycles. The van der Waals surface area contributed by atoms with Crippen LogP contribution in [0.3, 0.4) is 0 Å². The summed E-state index contributed by atoms with van der Waals surface area (Å²) in [7, 11) is 0. The van der Waals surface area contributed by atoms with Gasteiger partial charge in [0.05, 0.1) is 11.1 Å². The van der Waals surface area contributed by atoms with E-state index in [9.17, 15) is 8.78 Å². The number of hydrogen-bond donors (Lipinski definition) is 1. The molecule has 2 heterocycles. The molecule has 20 heavy (non-hydrogen) atoms. The molecule has 0 spiro atoms. The summed E-state index contributed by atoms with van der Waals surface area (Å²) in [6.45, 7) is 0.585. The number of aliphatic imine (C=N–C) groups is 1. The molecule has 3 nitrogen and oxygen atoms in total. The molecule has 0 fully saturated rings. The molecule has 0 saturated heterocycles. The predicted octanol–water partition coefficient (Wildman–Crippen LogP) is 3.56. The summed E-state index contributed by atoms with van der Waals surface area (Å²) in [6.07, 6.45) is 2.36. The number of aromatic nitrogens is 1. The van der Waals surface area contributed by atoms with E-state index in [0.717, 1.165) is 11.1 Å². The number of nitrogens with one attached hydrogen (secondary N) is 1. The summed E-state index contributed by atoms with van der Waals surface area (Å²) in [5.74, 6) is -1.29. The molecule has 1 N–H and O–H groups in total. The van der Waals surface area contributed by atoms with Gasteiger partial charge < -0.3 is 5.32 Å². The highest BCUT2D eigenvalue weighted by molar-refractivity contribution is 7.11. The van der Waals surface area contributed by atoms with Crippen LogP contribution in [-0.4, -0.2) is 17.4 Å². The van der Waals surface area contributed by atoms with Gasteiger partial charge in [-0.25, -0.2) is 13.8 Å². The first-order valence-electron chi connectivity index (χ1n) is 6.01. The van der Waals surface area contributed by atoms with Gasteiger partial charge >= 0.3 is 0 Å². The second-order valence-corrected chi connectivity index (χ2v) is 5.59. The van der Waals surface area contributed by atoms with Crippen LogP contribution in [0.4, 0.5) is 8.78 Å². The van der Waals surface area contributed by atoms with Crippen LogP contribution in [0.2, 0.25) is 5.02 Å². The van der Waals surface area contributed by atoms with Crippen LogP contribution in [0.15, 0.2) is 28.7 Å². The van der Waals surface area contributed by atoms with Gasteiger partial charge in [0.1, 0.15) is 0 Å². The lowest BCUT2D eigenvalue weighted by Crippen LogP contribution is -2.34. The number of nitrogens with zero attached hydrogens (tertiary/aromatic N) is 2. The van der Waals surface area contributed by atoms with Crippen molar-refractivity contribution >= 4 is 28.8 Å². The number of amidine groups is 1. The minimum Gasteiger partial charge on any atom is -0.361 e. The van der Waals surface area contributed by atoms with Crippen molar-refractivity contribution in [2.45, 2.75) is 12.5 Å². The van der Waals surface area contributed by atoms with Gasteiger partial charge in [-0.2, -0.15) is 0 Å². The van der Waals surface area contributed by atoms with Gasteiger partial charge in [0, 0.05) is 18.1 Å². The fraction of sp³-hybridized carbons (Fsp3) is 0.231. The summed E-state index contributed by atoms with van der Waals surface area (Å²) in [5, 5.41) is 5.63. The van der Waals surface area contributed by atoms with Crippen LogP contribution < -0.4 is 5.32 Å². The normalized spacial score (nSPS) is 18.6. The molecule has 1 aliphatic rings. The highest BCUT2D eigenvalue weighted by Gasteiger charge is 2.24. The smallest absolute Gasteiger partial charge is 0.177 e. The minimum absolute atomic E-state index is 0.178. The Kier molecular flexibility index (Phi) is 3.67. The Labute approximate surface area is 123 Å². The average molecular weight is 314 g/mol. The van der Waals surface area contributed by atoms with Gasteiger partial charge in [0.2, 0.25) is 0 Å². The second-order valence-electron chi connectivity index (χ2n) is 4.32. The highest BCUT2D eigenvalue weighted by Crippen LogP contribution is 2.30. The number of thiazole rings is 1. The Hall–Kier alpha value is -1.53. The summed E-state index contributed by atoms with van der Waals surface area (Å²) < 4.78 is 26.7. The third kappa shape index (κ3) is 2.41. The Bertz CT molecular complexity index is 658. The molecule has 2 aromatic rings.